The largest absolute Gasteiger partial charge is 0.396 e. The highest BCUT2D eigenvalue weighted by atomic mass is 32.1. The average Bonchev–Trinajstić information content (AvgIpc) is 3.07. The molecule has 0 aliphatic heterocycles. The lowest BCUT2D eigenvalue weighted by molar-refractivity contribution is 0.277. The number of hydrogen-bond acceptors (Lipinski definition) is 5. The van der Waals surface area contributed by atoms with Crippen LogP contribution in [0.25, 0.3) is 10.2 Å². The molecule has 0 saturated carbocycles. The molecule has 120 valence electrons. The Bertz CT molecular complexity index is 757. The van der Waals surface area contributed by atoms with Crippen LogP contribution in [-0.2, 0) is 6.42 Å². The number of anilines is 1. The van der Waals surface area contributed by atoms with E-state index in [0.29, 0.717) is 0 Å². The monoisotopic (exact) mass is 327 g/mol. The Morgan fingerprint density at radius 3 is 2.74 bits per heavy atom. The summed E-state index contributed by atoms with van der Waals surface area (Å²) in [6.45, 7) is 2.99. The number of nitrogens with one attached hydrogen (secondary N) is 1. The van der Waals surface area contributed by atoms with Gasteiger partial charge in [0.1, 0.15) is 16.5 Å². The van der Waals surface area contributed by atoms with Crippen LogP contribution >= 0.6 is 11.3 Å². The normalized spacial score (nSPS) is 12.4. The third-order valence-electron chi connectivity index (χ3n) is 3.95. The van der Waals surface area contributed by atoms with Crippen molar-refractivity contribution >= 4 is 27.4 Å². The molecule has 2 aromatic heterocycles. The molecule has 1 unspecified atom stereocenters. The first kappa shape index (κ1) is 15.9. The van der Waals surface area contributed by atoms with Gasteiger partial charge in [0, 0.05) is 25.5 Å². The molecule has 0 spiro atoms. The number of benzene rings is 1. The van der Waals surface area contributed by atoms with E-state index in [1.54, 1.807) is 11.3 Å². The molecule has 0 bridgehead atoms. The molecular weight excluding hydrogens is 306 g/mol. The molecule has 1 aromatic carbocycles. The molecule has 0 aliphatic carbocycles. The van der Waals surface area contributed by atoms with Crippen LogP contribution in [0.4, 0.5) is 5.82 Å². The van der Waals surface area contributed by atoms with Crippen molar-refractivity contribution in [1.82, 2.24) is 9.97 Å². The highest BCUT2D eigenvalue weighted by Gasteiger charge is 2.13. The quantitative estimate of drug-likeness (QED) is 0.692. The van der Waals surface area contributed by atoms with Crippen molar-refractivity contribution < 1.29 is 5.11 Å². The maximum atomic E-state index is 9.36. The lowest BCUT2D eigenvalue weighted by Gasteiger charge is -2.18. The van der Waals surface area contributed by atoms with Crippen molar-refractivity contribution in [2.75, 3.05) is 18.5 Å². The first-order valence-electron chi connectivity index (χ1n) is 7.95. The topological polar surface area (TPSA) is 58.0 Å². The van der Waals surface area contributed by atoms with E-state index in [4.69, 9.17) is 0 Å². The zero-order chi connectivity index (χ0) is 16.1. The molecule has 4 nitrogen and oxygen atoms in total. The minimum absolute atomic E-state index is 0.180. The van der Waals surface area contributed by atoms with Crippen LogP contribution in [-0.4, -0.2) is 28.2 Å². The van der Waals surface area contributed by atoms with E-state index in [1.807, 2.05) is 23.6 Å². The van der Waals surface area contributed by atoms with Gasteiger partial charge in [0.05, 0.1) is 5.39 Å². The van der Waals surface area contributed by atoms with Crippen molar-refractivity contribution in [1.29, 1.82) is 0 Å². The number of aliphatic hydroxyl groups excluding tert-OH is 1. The summed E-state index contributed by atoms with van der Waals surface area (Å²) < 4.78 is 0. The van der Waals surface area contributed by atoms with Crippen LogP contribution in [0.2, 0.25) is 0 Å². The fraction of sp³-hybridized carbons (Fsp3) is 0.333. The van der Waals surface area contributed by atoms with E-state index in [-0.39, 0.29) is 12.5 Å². The van der Waals surface area contributed by atoms with E-state index in [9.17, 15) is 5.11 Å². The van der Waals surface area contributed by atoms with Gasteiger partial charge in [-0.3, -0.25) is 0 Å². The number of fused-ring (bicyclic) bond motifs is 1. The first-order chi connectivity index (χ1) is 11.3. The number of aryl methyl sites for hydroxylation is 1. The van der Waals surface area contributed by atoms with Gasteiger partial charge >= 0.3 is 0 Å². The van der Waals surface area contributed by atoms with Crippen molar-refractivity contribution in [3.05, 3.63) is 53.2 Å². The maximum absolute atomic E-state index is 9.36. The summed E-state index contributed by atoms with van der Waals surface area (Å²) in [4.78, 5) is 10.2. The Kier molecular flexibility index (Phi) is 5.20. The number of aromatic nitrogens is 2. The molecule has 1 atom stereocenters. The molecule has 0 aliphatic rings. The average molecular weight is 327 g/mol. The zero-order valence-corrected chi connectivity index (χ0v) is 14.0. The smallest absolute Gasteiger partial charge is 0.138 e. The molecule has 3 rings (SSSR count). The van der Waals surface area contributed by atoms with Crippen molar-refractivity contribution in [2.24, 2.45) is 0 Å². The molecule has 3 aromatic rings. The van der Waals surface area contributed by atoms with Crippen molar-refractivity contribution in [3.63, 3.8) is 0 Å². The van der Waals surface area contributed by atoms with E-state index in [2.05, 4.69) is 40.4 Å². The van der Waals surface area contributed by atoms with Gasteiger partial charge in [-0.05, 0) is 23.4 Å². The van der Waals surface area contributed by atoms with Gasteiger partial charge in [-0.1, -0.05) is 37.3 Å². The maximum Gasteiger partial charge on any atom is 0.138 e. The molecule has 0 saturated heterocycles. The second kappa shape index (κ2) is 7.53. The van der Waals surface area contributed by atoms with E-state index in [1.165, 1.54) is 5.56 Å². The summed E-state index contributed by atoms with van der Waals surface area (Å²) in [6.07, 6.45) is 1.55. The summed E-state index contributed by atoms with van der Waals surface area (Å²) in [5.41, 5.74) is 1.24. The zero-order valence-electron chi connectivity index (χ0n) is 13.2. The van der Waals surface area contributed by atoms with Gasteiger partial charge in [0.2, 0.25) is 0 Å². The number of nitrogens with zero attached hydrogens (tertiary/aromatic N) is 2. The van der Waals surface area contributed by atoms with Crippen LogP contribution in [0.3, 0.4) is 0 Å². The molecule has 2 N–H and O–H groups in total. The summed E-state index contributed by atoms with van der Waals surface area (Å²) in [7, 11) is 0. The van der Waals surface area contributed by atoms with Gasteiger partial charge in [-0.15, -0.1) is 11.3 Å². The standard InChI is InChI=1S/C18H21N3OS/c1-2-16-20-17(15-9-11-23-18(15)21-16)19-12-14(8-10-22)13-6-4-3-5-7-13/h3-7,9,11,14,22H,2,8,10,12H2,1H3,(H,19,20,21). The number of hydrogen-bond donors (Lipinski definition) is 2. The third kappa shape index (κ3) is 3.68. The molecule has 0 fully saturated rings. The van der Waals surface area contributed by atoms with Crippen molar-refractivity contribution in [2.45, 2.75) is 25.7 Å². The second-order valence-corrected chi connectivity index (χ2v) is 6.38. The van der Waals surface area contributed by atoms with E-state index in [0.717, 1.165) is 41.2 Å². The van der Waals surface area contributed by atoms with Gasteiger partial charge < -0.3 is 10.4 Å². The molecule has 5 heteroatoms. The van der Waals surface area contributed by atoms with Crippen LogP contribution in [0, 0.1) is 0 Å². The summed E-state index contributed by atoms with van der Waals surface area (Å²) in [6, 6.07) is 12.4. The Balaban J connectivity index is 1.82. The molecule has 2 heterocycles. The minimum atomic E-state index is 0.180. The Hall–Kier alpha value is -1.98. The van der Waals surface area contributed by atoms with Crippen molar-refractivity contribution in [3.8, 4) is 0 Å². The van der Waals surface area contributed by atoms with E-state index < -0.39 is 0 Å². The number of thiophene rings is 1. The highest BCUT2D eigenvalue weighted by molar-refractivity contribution is 7.16. The first-order valence-corrected chi connectivity index (χ1v) is 8.83. The Morgan fingerprint density at radius 2 is 2.00 bits per heavy atom. The molecule has 0 amide bonds. The Morgan fingerprint density at radius 1 is 1.17 bits per heavy atom. The molecule has 23 heavy (non-hydrogen) atoms. The van der Waals surface area contributed by atoms with Crippen LogP contribution in [0.1, 0.15) is 30.7 Å². The number of aliphatic hydroxyl groups is 1. The van der Waals surface area contributed by atoms with Gasteiger partial charge in [0.15, 0.2) is 0 Å². The Labute approximate surface area is 140 Å². The fourth-order valence-corrected chi connectivity index (χ4v) is 3.46. The van der Waals surface area contributed by atoms with E-state index >= 15 is 0 Å². The lowest BCUT2D eigenvalue weighted by Crippen LogP contribution is -2.15. The van der Waals surface area contributed by atoms with Gasteiger partial charge in [-0.2, -0.15) is 0 Å². The van der Waals surface area contributed by atoms with Gasteiger partial charge in [0.25, 0.3) is 0 Å². The van der Waals surface area contributed by atoms with Gasteiger partial charge in [-0.25, -0.2) is 9.97 Å². The summed E-state index contributed by atoms with van der Waals surface area (Å²) >= 11 is 1.64. The minimum Gasteiger partial charge on any atom is -0.396 e. The van der Waals surface area contributed by atoms with Crippen LogP contribution in [0.5, 0.6) is 0 Å². The fourth-order valence-electron chi connectivity index (χ4n) is 2.68. The second-order valence-electron chi connectivity index (χ2n) is 5.48. The molecule has 0 radical (unpaired) electrons. The predicted molar refractivity (Wildman–Crippen MR) is 96.2 cm³/mol. The third-order valence-corrected chi connectivity index (χ3v) is 4.76. The lowest BCUT2D eigenvalue weighted by atomic mass is 9.96. The number of rotatable bonds is 7. The predicted octanol–water partition coefficient (Wildman–Crippen LogP) is 3.83. The van der Waals surface area contributed by atoms with Crippen LogP contribution < -0.4 is 5.32 Å². The summed E-state index contributed by atoms with van der Waals surface area (Å²) in [5, 5.41) is 16.0. The SMILES string of the molecule is CCc1nc(NCC(CCO)c2ccccc2)c2ccsc2n1. The molecular formula is C18H21N3OS. The summed E-state index contributed by atoms with van der Waals surface area (Å²) in [5.74, 6) is 2.02. The van der Waals surface area contributed by atoms with Crippen LogP contribution in [0.15, 0.2) is 41.8 Å². The highest BCUT2D eigenvalue weighted by Crippen LogP contribution is 2.27.